The smallest absolute Gasteiger partial charge is 0.238 e. The van der Waals surface area contributed by atoms with Crippen molar-refractivity contribution in [3.8, 4) is 23.1 Å². The molecular weight excluding hydrogens is 891 g/mol. The van der Waals surface area contributed by atoms with Gasteiger partial charge in [-0.25, -0.2) is 65.6 Å². The van der Waals surface area contributed by atoms with Crippen LogP contribution in [0.15, 0.2) is 73.6 Å². The monoisotopic (exact) mass is 932 g/mol. The van der Waals surface area contributed by atoms with E-state index in [1.54, 1.807) is 60.5 Å². The summed E-state index contributed by atoms with van der Waals surface area (Å²) in [6, 6.07) is 10.4. The van der Waals surface area contributed by atoms with Crippen molar-refractivity contribution in [2.45, 2.75) is 64.5 Å². The highest BCUT2D eigenvalue weighted by Crippen LogP contribution is 2.36. The molecule has 6 aromatic heterocycles. The number of benzene rings is 2. The van der Waals surface area contributed by atoms with E-state index in [0.29, 0.717) is 84.5 Å². The minimum atomic E-state index is -1.21. The van der Waals surface area contributed by atoms with E-state index in [0.717, 1.165) is 47.7 Å². The molecule has 14 nitrogen and oxygen atoms in total. The molecule has 2 aliphatic heterocycles. The second-order valence-electron chi connectivity index (χ2n) is 16.1. The van der Waals surface area contributed by atoms with Crippen LogP contribution in [-0.2, 0) is 13.1 Å². The van der Waals surface area contributed by atoms with Gasteiger partial charge in [0.25, 0.3) is 0 Å². The number of aromatic nitrogens is 12. The summed E-state index contributed by atoms with van der Waals surface area (Å²) in [6.07, 6.45) is 16.6. The lowest BCUT2D eigenvalue weighted by Crippen LogP contribution is -2.19. The quantitative estimate of drug-likeness (QED) is 0.0962. The first-order valence-corrected chi connectivity index (χ1v) is 21.5. The molecule has 2 aromatic carbocycles. The molecule has 0 fully saturated rings. The van der Waals surface area contributed by atoms with Crippen LogP contribution in [0.2, 0.25) is 0 Å². The van der Waals surface area contributed by atoms with Gasteiger partial charge in [0, 0.05) is 60.6 Å². The molecule has 68 heavy (non-hydrogen) atoms. The summed E-state index contributed by atoms with van der Waals surface area (Å²) in [4.78, 5) is 26.6. The maximum absolute atomic E-state index is 14.4. The predicted octanol–water partition coefficient (Wildman–Crippen LogP) is 9.38. The zero-order valence-electron chi connectivity index (χ0n) is 37.1. The average Bonchev–Trinajstić information content (AvgIpc) is 4.17. The van der Waals surface area contributed by atoms with Crippen LogP contribution in [-0.4, -0.2) is 72.8 Å². The van der Waals surface area contributed by atoms with E-state index in [2.05, 4.69) is 40.1 Å². The van der Waals surface area contributed by atoms with E-state index in [1.165, 1.54) is 0 Å². The third-order valence-electron chi connectivity index (χ3n) is 11.5. The zero-order chi connectivity index (χ0) is 47.6. The van der Waals surface area contributed by atoms with Crippen molar-refractivity contribution in [2.75, 3.05) is 14.2 Å². The lowest BCUT2D eigenvalue weighted by Gasteiger charge is -2.22. The first-order valence-electron chi connectivity index (χ1n) is 21.5. The van der Waals surface area contributed by atoms with Gasteiger partial charge in [0.1, 0.15) is 34.7 Å². The summed E-state index contributed by atoms with van der Waals surface area (Å²) in [5.74, 6) is -4.42. The topological polar surface area (TPSA) is 141 Å². The molecule has 0 spiro atoms. The fourth-order valence-corrected chi connectivity index (χ4v) is 8.28. The second-order valence-corrected chi connectivity index (χ2v) is 16.1. The number of hydrogen-bond acceptors (Lipinski definition) is 10. The maximum Gasteiger partial charge on any atom is 0.238 e. The first kappa shape index (κ1) is 45.3. The number of pyridine rings is 2. The molecule has 348 valence electrons. The molecule has 0 N–H and O–H groups in total. The number of rotatable bonds is 10. The highest BCUT2D eigenvalue weighted by molar-refractivity contribution is 5.67. The van der Waals surface area contributed by atoms with Crippen LogP contribution in [0, 0.1) is 48.8 Å². The summed E-state index contributed by atoms with van der Waals surface area (Å²) in [5.41, 5.74) is 4.70. The highest BCUT2D eigenvalue weighted by Gasteiger charge is 2.30. The van der Waals surface area contributed by atoms with Crippen LogP contribution in [0.1, 0.15) is 94.7 Å². The van der Waals surface area contributed by atoms with Gasteiger partial charge in [-0.3, -0.25) is 0 Å². The summed E-state index contributed by atoms with van der Waals surface area (Å²) < 4.78 is 101. The lowest BCUT2D eigenvalue weighted by molar-refractivity contribution is 0.395. The van der Waals surface area contributed by atoms with Gasteiger partial charge in [0.2, 0.25) is 11.8 Å². The minimum Gasteiger partial charge on any atom is -0.479 e. The largest absolute Gasteiger partial charge is 0.479 e. The third-order valence-corrected chi connectivity index (χ3v) is 11.5. The van der Waals surface area contributed by atoms with Gasteiger partial charge in [-0.1, -0.05) is 0 Å². The van der Waals surface area contributed by atoms with Gasteiger partial charge in [-0.05, 0) is 100 Å². The second kappa shape index (κ2) is 19.1. The number of hydrogen-bond donors (Lipinski definition) is 0. The molecule has 2 atom stereocenters. The van der Waals surface area contributed by atoms with E-state index in [1.807, 2.05) is 59.6 Å². The van der Waals surface area contributed by atoms with Crippen LogP contribution in [0.25, 0.3) is 35.7 Å². The summed E-state index contributed by atoms with van der Waals surface area (Å²) >= 11 is 0. The predicted molar refractivity (Wildman–Crippen MR) is 238 cm³/mol. The van der Waals surface area contributed by atoms with Crippen molar-refractivity contribution < 1.29 is 35.8 Å². The Labute approximate surface area is 385 Å². The van der Waals surface area contributed by atoms with Gasteiger partial charge in [0.05, 0.1) is 49.6 Å². The molecule has 0 aliphatic carbocycles. The van der Waals surface area contributed by atoms with Crippen molar-refractivity contribution in [3.05, 3.63) is 166 Å². The Morgan fingerprint density at radius 2 is 0.941 bits per heavy atom. The Morgan fingerprint density at radius 3 is 1.32 bits per heavy atom. The van der Waals surface area contributed by atoms with Gasteiger partial charge >= 0.3 is 0 Å². The number of aryl methyl sites for hydroxylation is 4. The molecule has 10 rings (SSSR count). The van der Waals surface area contributed by atoms with Crippen molar-refractivity contribution in [3.63, 3.8) is 0 Å². The first-order chi connectivity index (χ1) is 32.8. The Kier molecular flexibility index (Phi) is 12.7. The Balaban J connectivity index is 0.000000170. The van der Waals surface area contributed by atoms with E-state index < -0.39 is 46.7 Å². The van der Waals surface area contributed by atoms with Crippen LogP contribution in [0.4, 0.5) is 26.3 Å². The van der Waals surface area contributed by atoms with Crippen molar-refractivity contribution >= 4 is 24.3 Å². The minimum absolute atomic E-state index is 0.0829. The molecule has 0 bridgehead atoms. The fourth-order valence-electron chi connectivity index (χ4n) is 8.28. The fraction of sp³-hybridized carbons (Fsp3) is 0.250. The SMILES string of the molecule is COc1nc(/C=C/c2nc3n(n2)CCC[C@@H]3c2cc(F)c(F)cc2F)ccc1-n1cnc(C)c1.COc1nc(/C=C/c2nc3n(n2)CCC[C@H]3c2cc(F)c(F)cc2F)ccc1-n1cnc(C)c1. The molecule has 0 amide bonds. The molecule has 0 saturated carbocycles. The van der Waals surface area contributed by atoms with Gasteiger partial charge in [-0.2, -0.15) is 10.2 Å². The molecule has 8 aromatic rings. The van der Waals surface area contributed by atoms with Crippen LogP contribution in [0.5, 0.6) is 11.8 Å². The molecule has 0 radical (unpaired) electrons. The molecular formula is C48H42F6N12O2. The van der Waals surface area contributed by atoms with Gasteiger partial charge in [-0.15, -0.1) is 0 Å². The molecule has 20 heteroatoms. The van der Waals surface area contributed by atoms with Crippen LogP contribution < -0.4 is 9.47 Å². The van der Waals surface area contributed by atoms with Crippen LogP contribution >= 0.6 is 0 Å². The molecule has 8 heterocycles. The molecule has 0 unspecified atom stereocenters. The number of ether oxygens (including phenoxy) is 2. The Morgan fingerprint density at radius 1 is 0.529 bits per heavy atom. The molecule has 0 saturated heterocycles. The van der Waals surface area contributed by atoms with E-state index in [-0.39, 0.29) is 11.1 Å². The van der Waals surface area contributed by atoms with E-state index >= 15 is 0 Å². The maximum atomic E-state index is 14.4. The third kappa shape index (κ3) is 9.38. The number of halogens is 6. The van der Waals surface area contributed by atoms with Crippen LogP contribution in [0.3, 0.4) is 0 Å². The normalized spacial score (nSPS) is 15.6. The summed E-state index contributed by atoms with van der Waals surface area (Å²) in [7, 11) is 3.09. The Bertz CT molecular complexity index is 3000. The van der Waals surface area contributed by atoms with Gasteiger partial charge in [0.15, 0.2) is 34.9 Å². The number of fused-ring (bicyclic) bond motifs is 2. The summed E-state index contributed by atoms with van der Waals surface area (Å²) in [5, 5.41) is 8.96. The number of nitrogens with zero attached hydrogens (tertiary/aromatic N) is 12. The zero-order valence-corrected chi connectivity index (χ0v) is 37.1. The lowest BCUT2D eigenvalue weighted by atomic mass is 9.90. The average molecular weight is 933 g/mol. The van der Waals surface area contributed by atoms with Crippen molar-refractivity contribution in [1.29, 1.82) is 0 Å². The van der Waals surface area contributed by atoms with Crippen molar-refractivity contribution in [1.82, 2.24) is 58.6 Å². The standard InChI is InChI=1S/2C24H21F3N6O/c2*1-14-12-32(13-28-14)21-7-5-15(29-24(21)34-2)6-8-22-30-23-16(4-3-9-33(23)31-22)17-10-19(26)20(27)11-18(17)25/h2*5-8,10-13,16H,3-4,9H2,1-2H3/b2*8-6+/t2*16-/m10/s1. The van der Waals surface area contributed by atoms with Crippen molar-refractivity contribution in [2.24, 2.45) is 0 Å². The Hall–Kier alpha value is -7.90. The molecule has 2 aliphatic rings. The number of methoxy groups -OCH3 is 2. The summed E-state index contributed by atoms with van der Waals surface area (Å²) in [6.45, 7) is 5.03. The van der Waals surface area contributed by atoms with E-state index in [4.69, 9.17) is 9.47 Å². The van der Waals surface area contributed by atoms with E-state index in [9.17, 15) is 26.3 Å². The highest BCUT2D eigenvalue weighted by atomic mass is 19.2. The van der Waals surface area contributed by atoms with Gasteiger partial charge < -0.3 is 18.6 Å². The number of imidazole rings is 2.